The number of halogens is 3. The molecule has 0 aromatic heterocycles. The average Bonchev–Trinajstić information content (AvgIpc) is 2.40. The van der Waals surface area contributed by atoms with Crippen LogP contribution >= 0.6 is 0 Å². The Bertz CT molecular complexity index is 420. The molecule has 0 spiro atoms. The van der Waals surface area contributed by atoms with E-state index in [4.69, 9.17) is 0 Å². The molecule has 1 aromatic carbocycles. The third-order valence-electron chi connectivity index (χ3n) is 3.94. The van der Waals surface area contributed by atoms with Crippen molar-refractivity contribution in [2.24, 2.45) is 0 Å². The summed E-state index contributed by atoms with van der Waals surface area (Å²) < 4.78 is 37.6. The predicted molar refractivity (Wildman–Crippen MR) is 73.8 cm³/mol. The molecule has 2 rings (SSSR count). The van der Waals surface area contributed by atoms with Crippen molar-refractivity contribution < 1.29 is 13.2 Å². The highest BCUT2D eigenvalue weighted by Crippen LogP contribution is 2.30. The van der Waals surface area contributed by atoms with Crippen LogP contribution in [-0.4, -0.2) is 49.6 Å². The molecule has 0 aliphatic carbocycles. The maximum absolute atomic E-state index is 12.5. The van der Waals surface area contributed by atoms with Crippen molar-refractivity contribution in [1.29, 1.82) is 0 Å². The van der Waals surface area contributed by atoms with Crippen LogP contribution in [0.25, 0.3) is 0 Å². The fraction of sp³-hybridized carbons (Fsp3) is 0.600. The third kappa shape index (κ3) is 3.96. The summed E-state index contributed by atoms with van der Waals surface area (Å²) in [6, 6.07) is 5.55. The molecule has 0 bridgehead atoms. The minimum atomic E-state index is -4.25. The zero-order valence-corrected chi connectivity index (χ0v) is 12.0. The molecule has 1 atom stereocenters. The highest BCUT2D eigenvalue weighted by atomic mass is 19.4. The van der Waals surface area contributed by atoms with Crippen molar-refractivity contribution in [3.63, 3.8) is 0 Å². The van der Waals surface area contributed by atoms with Crippen molar-refractivity contribution in [2.45, 2.75) is 19.0 Å². The second kappa shape index (κ2) is 6.14. The highest BCUT2D eigenvalue weighted by Gasteiger charge is 2.30. The van der Waals surface area contributed by atoms with E-state index in [1.807, 2.05) is 0 Å². The average molecular weight is 286 g/mol. The summed E-state index contributed by atoms with van der Waals surface area (Å²) >= 11 is 0. The molecule has 2 nitrogen and oxygen atoms in total. The zero-order valence-electron chi connectivity index (χ0n) is 12.0. The van der Waals surface area contributed by atoms with Crippen LogP contribution in [0.5, 0.6) is 0 Å². The van der Waals surface area contributed by atoms with Crippen LogP contribution < -0.4 is 0 Å². The molecule has 0 unspecified atom stereocenters. The van der Waals surface area contributed by atoms with E-state index in [0.717, 1.165) is 38.3 Å². The number of piperazine rings is 1. The van der Waals surface area contributed by atoms with Gasteiger partial charge in [-0.2, -0.15) is 13.2 Å². The van der Waals surface area contributed by atoms with Crippen LogP contribution in [0.1, 0.15) is 24.0 Å². The molecule has 1 aliphatic heterocycles. The van der Waals surface area contributed by atoms with Gasteiger partial charge in [-0.05, 0) is 30.7 Å². The first-order chi connectivity index (χ1) is 9.36. The topological polar surface area (TPSA) is 6.48 Å². The zero-order chi connectivity index (χ0) is 14.8. The van der Waals surface area contributed by atoms with Gasteiger partial charge in [-0.25, -0.2) is 0 Å². The molecule has 0 saturated carbocycles. The minimum Gasteiger partial charge on any atom is -0.304 e. The van der Waals surface area contributed by atoms with Gasteiger partial charge in [0.2, 0.25) is 0 Å². The Labute approximate surface area is 118 Å². The summed E-state index contributed by atoms with van der Waals surface area (Å²) in [4.78, 5) is 4.67. The largest absolute Gasteiger partial charge is 0.416 e. The van der Waals surface area contributed by atoms with Gasteiger partial charge in [0.25, 0.3) is 0 Å². The van der Waals surface area contributed by atoms with E-state index in [1.54, 1.807) is 12.1 Å². The molecule has 20 heavy (non-hydrogen) atoms. The summed E-state index contributed by atoms with van der Waals surface area (Å²) in [5.74, 6) is 0.251. The Morgan fingerprint density at radius 2 is 1.60 bits per heavy atom. The minimum absolute atomic E-state index is 0.251. The maximum atomic E-state index is 12.5. The molecule has 0 radical (unpaired) electrons. The van der Waals surface area contributed by atoms with Gasteiger partial charge in [-0.15, -0.1) is 0 Å². The number of hydrogen-bond acceptors (Lipinski definition) is 2. The van der Waals surface area contributed by atoms with E-state index in [9.17, 15) is 13.2 Å². The van der Waals surface area contributed by atoms with E-state index in [1.165, 1.54) is 12.1 Å². The molecule has 5 heteroatoms. The van der Waals surface area contributed by atoms with E-state index < -0.39 is 11.7 Å². The van der Waals surface area contributed by atoms with E-state index >= 15 is 0 Å². The van der Waals surface area contributed by atoms with Gasteiger partial charge in [0.05, 0.1) is 5.56 Å². The van der Waals surface area contributed by atoms with Crippen molar-refractivity contribution in [2.75, 3.05) is 39.8 Å². The van der Waals surface area contributed by atoms with Gasteiger partial charge in [-0.1, -0.05) is 19.1 Å². The summed E-state index contributed by atoms with van der Waals surface area (Å²) in [5.41, 5.74) is 0.393. The van der Waals surface area contributed by atoms with E-state index in [-0.39, 0.29) is 5.92 Å². The Hall–Kier alpha value is -1.07. The Morgan fingerprint density at radius 3 is 2.10 bits per heavy atom. The normalized spacial score (nSPS) is 20.1. The van der Waals surface area contributed by atoms with Gasteiger partial charge in [0, 0.05) is 32.7 Å². The van der Waals surface area contributed by atoms with Crippen molar-refractivity contribution in [3.8, 4) is 0 Å². The van der Waals surface area contributed by atoms with Crippen LogP contribution in [0.15, 0.2) is 24.3 Å². The fourth-order valence-electron chi connectivity index (χ4n) is 2.52. The standard InChI is InChI=1S/C15H21F3N2/c1-12(11-20-9-7-19(2)8-10-20)13-3-5-14(6-4-13)15(16,17)18/h3-6,12H,7-11H2,1-2H3/t12-/m1/s1. The lowest BCUT2D eigenvalue weighted by Gasteiger charge is -2.34. The van der Waals surface area contributed by atoms with E-state index in [2.05, 4.69) is 23.8 Å². The number of nitrogens with zero attached hydrogens (tertiary/aromatic N) is 2. The van der Waals surface area contributed by atoms with Crippen molar-refractivity contribution >= 4 is 0 Å². The maximum Gasteiger partial charge on any atom is 0.416 e. The number of rotatable bonds is 3. The Kier molecular flexibility index (Phi) is 4.70. The van der Waals surface area contributed by atoms with Crippen LogP contribution in [0.2, 0.25) is 0 Å². The van der Waals surface area contributed by atoms with Gasteiger partial charge in [0.1, 0.15) is 0 Å². The molecule has 1 heterocycles. The van der Waals surface area contributed by atoms with Crippen molar-refractivity contribution in [1.82, 2.24) is 9.80 Å². The molecular formula is C15H21F3N2. The molecule has 1 saturated heterocycles. The molecule has 1 aromatic rings. The second-order valence-electron chi connectivity index (χ2n) is 5.62. The molecular weight excluding hydrogens is 265 g/mol. The SMILES string of the molecule is C[C@H](CN1CCN(C)CC1)c1ccc(C(F)(F)F)cc1. The van der Waals surface area contributed by atoms with Gasteiger partial charge in [-0.3, -0.25) is 0 Å². The van der Waals surface area contributed by atoms with Crippen LogP contribution in [0.3, 0.4) is 0 Å². The van der Waals surface area contributed by atoms with Crippen LogP contribution in [0, 0.1) is 0 Å². The summed E-state index contributed by atoms with van der Waals surface area (Å²) in [6.45, 7) is 7.14. The first-order valence-electron chi connectivity index (χ1n) is 6.94. The summed E-state index contributed by atoms with van der Waals surface area (Å²) in [6.07, 6.45) is -4.25. The lowest BCUT2D eigenvalue weighted by molar-refractivity contribution is -0.137. The van der Waals surface area contributed by atoms with Gasteiger partial charge in [0.15, 0.2) is 0 Å². The predicted octanol–water partition coefficient (Wildman–Crippen LogP) is 3.06. The van der Waals surface area contributed by atoms with Gasteiger partial charge >= 0.3 is 6.18 Å². The van der Waals surface area contributed by atoms with Crippen molar-refractivity contribution in [3.05, 3.63) is 35.4 Å². The lowest BCUT2D eigenvalue weighted by Crippen LogP contribution is -2.45. The second-order valence-corrected chi connectivity index (χ2v) is 5.62. The molecule has 112 valence electrons. The summed E-state index contributed by atoms with van der Waals surface area (Å²) in [7, 11) is 2.11. The van der Waals surface area contributed by atoms with Gasteiger partial charge < -0.3 is 9.80 Å². The smallest absolute Gasteiger partial charge is 0.304 e. The quantitative estimate of drug-likeness (QED) is 0.842. The number of hydrogen-bond donors (Lipinski definition) is 0. The number of likely N-dealkylation sites (N-methyl/N-ethyl adjacent to an activating group) is 1. The molecule has 1 aliphatic rings. The summed E-state index contributed by atoms with van der Waals surface area (Å²) in [5, 5.41) is 0. The van der Waals surface area contributed by atoms with Crippen LogP contribution in [-0.2, 0) is 6.18 Å². The monoisotopic (exact) mass is 286 g/mol. The number of benzene rings is 1. The molecule has 1 fully saturated rings. The number of alkyl halides is 3. The molecule has 0 N–H and O–H groups in total. The third-order valence-corrected chi connectivity index (χ3v) is 3.94. The van der Waals surface area contributed by atoms with Crippen LogP contribution in [0.4, 0.5) is 13.2 Å². The highest BCUT2D eigenvalue weighted by molar-refractivity contribution is 5.27. The first-order valence-corrected chi connectivity index (χ1v) is 6.94. The Morgan fingerprint density at radius 1 is 1.05 bits per heavy atom. The fourth-order valence-corrected chi connectivity index (χ4v) is 2.52. The first kappa shape index (κ1) is 15.3. The van der Waals surface area contributed by atoms with E-state index in [0.29, 0.717) is 0 Å². The lowest BCUT2D eigenvalue weighted by atomic mass is 9.99. The molecule has 0 amide bonds. The Balaban J connectivity index is 1.94.